The number of aromatic nitrogens is 1. The van der Waals surface area contributed by atoms with Crippen molar-refractivity contribution in [2.45, 2.75) is 22.2 Å². The molecule has 25 heavy (non-hydrogen) atoms. The molecule has 0 aliphatic heterocycles. The zero-order valence-corrected chi connectivity index (χ0v) is 15.0. The molecular weight excluding hydrogens is 399 g/mol. The maximum absolute atomic E-state index is 12.6. The molecule has 5 nitrogen and oxygen atoms in total. The summed E-state index contributed by atoms with van der Waals surface area (Å²) in [6.45, 7) is 1.50. The fraction of sp³-hybridized carbons (Fsp3) is 0.214. The van der Waals surface area contributed by atoms with E-state index in [1.54, 1.807) is 5.38 Å². The highest BCUT2D eigenvalue weighted by molar-refractivity contribution is 7.91. The molecule has 2 heterocycles. The van der Waals surface area contributed by atoms with Crippen molar-refractivity contribution in [1.82, 2.24) is 4.98 Å². The molecule has 0 saturated carbocycles. The lowest BCUT2D eigenvalue weighted by molar-refractivity contribution is -0.0384. The molecule has 0 N–H and O–H groups in total. The Balaban J connectivity index is 2.10. The van der Waals surface area contributed by atoms with Crippen LogP contribution in [0.15, 0.2) is 43.9 Å². The molecule has 11 heteroatoms. The number of sulfone groups is 1. The zero-order chi connectivity index (χ0) is 18.4. The van der Waals surface area contributed by atoms with Gasteiger partial charge < -0.3 is 4.42 Å². The van der Waals surface area contributed by atoms with E-state index in [4.69, 9.17) is 4.42 Å². The van der Waals surface area contributed by atoms with Crippen LogP contribution in [0, 0.1) is 0 Å². The molecule has 134 valence electrons. The van der Waals surface area contributed by atoms with Gasteiger partial charge in [0, 0.05) is 0 Å². The Bertz CT molecular complexity index is 1070. The van der Waals surface area contributed by atoms with E-state index in [0.29, 0.717) is 0 Å². The number of oxazole rings is 1. The van der Waals surface area contributed by atoms with Gasteiger partial charge in [-0.1, -0.05) is 6.92 Å². The number of thiophene rings is 1. The summed E-state index contributed by atoms with van der Waals surface area (Å²) in [6.07, 6.45) is 0. The maximum Gasteiger partial charge on any atom is 0.475 e. The summed E-state index contributed by atoms with van der Waals surface area (Å²) in [6, 6.07) is 4.72. The molecule has 0 bridgehead atoms. The van der Waals surface area contributed by atoms with E-state index in [1.165, 1.54) is 19.1 Å². The van der Waals surface area contributed by atoms with Crippen molar-refractivity contribution in [3.05, 3.63) is 29.6 Å². The second-order valence-electron chi connectivity index (χ2n) is 4.88. The average molecular weight is 409 g/mol. The minimum absolute atomic E-state index is 0.00744. The third-order valence-electron chi connectivity index (χ3n) is 3.32. The molecule has 1 aromatic carbocycles. The zero-order valence-electron chi connectivity index (χ0n) is 12.5. The number of nitrogens with zero attached hydrogens (tertiary/aromatic N) is 1. The molecule has 3 rings (SSSR count). The topological polar surface area (TPSA) is 77.2 Å². The smallest absolute Gasteiger partial charge is 0.435 e. The van der Waals surface area contributed by atoms with E-state index in [9.17, 15) is 25.8 Å². The number of benzene rings is 1. The first-order valence-electron chi connectivity index (χ1n) is 6.83. The van der Waals surface area contributed by atoms with E-state index in [1.807, 2.05) is 0 Å². The van der Waals surface area contributed by atoms with Crippen LogP contribution in [0.3, 0.4) is 0 Å². The van der Waals surface area contributed by atoms with Crippen LogP contribution in [0.2, 0.25) is 0 Å². The molecule has 0 saturated heterocycles. The molecule has 0 aliphatic carbocycles. The van der Waals surface area contributed by atoms with Gasteiger partial charge in [0.15, 0.2) is 26.2 Å². The number of alkyl halides is 3. The van der Waals surface area contributed by atoms with Crippen LogP contribution in [0.25, 0.3) is 21.9 Å². The van der Waals surface area contributed by atoms with E-state index in [-0.39, 0.29) is 32.5 Å². The van der Waals surface area contributed by atoms with Gasteiger partial charge >= 0.3 is 5.51 Å². The number of fused-ring (bicyclic) bond motifs is 1. The van der Waals surface area contributed by atoms with Gasteiger partial charge in [0.1, 0.15) is 10.4 Å². The molecule has 3 aromatic rings. The van der Waals surface area contributed by atoms with Gasteiger partial charge in [-0.05, 0) is 29.6 Å². The average Bonchev–Trinajstić information content (AvgIpc) is 3.18. The molecule has 2 aromatic heterocycles. The Morgan fingerprint density at radius 3 is 2.64 bits per heavy atom. The largest absolute Gasteiger partial charge is 0.475 e. The Labute approximate surface area is 146 Å². The third-order valence-corrected chi connectivity index (χ3v) is 7.23. The SMILES string of the molecule is CCS(=O)(=O)c1ccsc1-c1nc2cc(S(=O)C(F)(F)F)ccc2o1. The first-order valence-corrected chi connectivity index (χ1v) is 10.5. The van der Waals surface area contributed by atoms with Gasteiger partial charge in [0.05, 0.1) is 15.5 Å². The highest BCUT2D eigenvalue weighted by atomic mass is 32.2. The first kappa shape index (κ1) is 18.1. The molecule has 0 amide bonds. The number of halogens is 3. The van der Waals surface area contributed by atoms with Crippen LogP contribution in [0.4, 0.5) is 13.2 Å². The molecule has 0 spiro atoms. The number of hydrogen-bond donors (Lipinski definition) is 0. The van der Waals surface area contributed by atoms with Crippen molar-refractivity contribution in [2.75, 3.05) is 5.75 Å². The Kier molecular flexibility index (Phi) is 4.50. The van der Waals surface area contributed by atoms with Crippen molar-refractivity contribution < 1.29 is 30.2 Å². The second kappa shape index (κ2) is 6.22. The third kappa shape index (κ3) is 3.35. The van der Waals surface area contributed by atoms with E-state index in [2.05, 4.69) is 4.98 Å². The highest BCUT2D eigenvalue weighted by Crippen LogP contribution is 2.35. The summed E-state index contributed by atoms with van der Waals surface area (Å²) in [7, 11) is -6.68. The maximum atomic E-state index is 12.6. The lowest BCUT2D eigenvalue weighted by Crippen LogP contribution is -2.16. The Morgan fingerprint density at radius 2 is 2.00 bits per heavy atom. The Hall–Kier alpha value is -1.72. The minimum Gasteiger partial charge on any atom is -0.435 e. The van der Waals surface area contributed by atoms with Gasteiger partial charge in [0.2, 0.25) is 5.89 Å². The fourth-order valence-electron chi connectivity index (χ4n) is 2.11. The normalized spacial score (nSPS) is 14.1. The molecular formula is C14H10F3NO4S3. The summed E-state index contributed by atoms with van der Waals surface area (Å²) in [5.74, 6) is -0.113. The summed E-state index contributed by atoms with van der Waals surface area (Å²) >= 11 is 1.10. The van der Waals surface area contributed by atoms with Crippen molar-refractivity contribution in [3.63, 3.8) is 0 Å². The van der Waals surface area contributed by atoms with Gasteiger partial charge in [0.25, 0.3) is 0 Å². The summed E-state index contributed by atoms with van der Waals surface area (Å²) in [5.41, 5.74) is -4.64. The van der Waals surface area contributed by atoms with Crippen molar-refractivity contribution in [3.8, 4) is 10.8 Å². The van der Waals surface area contributed by atoms with Crippen LogP contribution in [0.5, 0.6) is 0 Å². The van der Waals surface area contributed by atoms with E-state index < -0.39 is 31.0 Å². The standard InChI is InChI=1S/C14H10F3NO4S3/c1-2-25(20,21)11-5-6-23-12(11)13-18-9-7-8(3-4-10(9)22-13)24(19)14(15,16)17/h3-7H,2H2,1H3. The van der Waals surface area contributed by atoms with Gasteiger partial charge in [-0.2, -0.15) is 13.2 Å². The predicted octanol–water partition coefficient (Wildman–Crippen LogP) is 3.98. The molecule has 0 fully saturated rings. The van der Waals surface area contributed by atoms with Gasteiger partial charge in [-0.25, -0.2) is 17.6 Å². The van der Waals surface area contributed by atoms with Crippen molar-refractivity contribution >= 4 is 43.1 Å². The van der Waals surface area contributed by atoms with Crippen molar-refractivity contribution in [1.29, 1.82) is 0 Å². The van der Waals surface area contributed by atoms with Crippen LogP contribution in [0.1, 0.15) is 6.92 Å². The Morgan fingerprint density at radius 1 is 1.28 bits per heavy atom. The van der Waals surface area contributed by atoms with Gasteiger partial charge in [-0.3, -0.25) is 0 Å². The molecule has 1 atom stereocenters. The van der Waals surface area contributed by atoms with Gasteiger partial charge in [-0.15, -0.1) is 11.3 Å². The monoisotopic (exact) mass is 409 g/mol. The lowest BCUT2D eigenvalue weighted by atomic mass is 10.3. The number of rotatable bonds is 4. The molecule has 0 aliphatic rings. The molecule has 0 radical (unpaired) electrons. The van der Waals surface area contributed by atoms with Crippen LogP contribution in [-0.2, 0) is 20.6 Å². The second-order valence-corrected chi connectivity index (χ2v) is 9.51. The van der Waals surface area contributed by atoms with Crippen LogP contribution < -0.4 is 0 Å². The minimum atomic E-state index is -4.88. The molecule has 1 unspecified atom stereocenters. The first-order chi connectivity index (χ1) is 11.6. The lowest BCUT2D eigenvalue weighted by Gasteiger charge is -2.04. The predicted molar refractivity (Wildman–Crippen MR) is 87.5 cm³/mol. The van der Waals surface area contributed by atoms with Crippen LogP contribution in [-0.4, -0.2) is 28.9 Å². The highest BCUT2D eigenvalue weighted by Gasteiger charge is 2.38. The quantitative estimate of drug-likeness (QED) is 0.651. The van der Waals surface area contributed by atoms with Crippen molar-refractivity contribution in [2.24, 2.45) is 0 Å². The summed E-state index contributed by atoms with van der Waals surface area (Å²) < 4.78 is 78.8. The summed E-state index contributed by atoms with van der Waals surface area (Å²) in [4.78, 5) is 3.95. The van der Waals surface area contributed by atoms with E-state index >= 15 is 0 Å². The number of hydrogen-bond acceptors (Lipinski definition) is 6. The summed E-state index contributed by atoms with van der Waals surface area (Å²) in [5, 5.41) is 1.57. The van der Waals surface area contributed by atoms with Crippen LogP contribution >= 0.6 is 11.3 Å². The van der Waals surface area contributed by atoms with E-state index in [0.717, 1.165) is 23.5 Å². The fourth-order valence-corrected chi connectivity index (χ4v) is 5.06.